The average Bonchev–Trinajstić information content (AvgIpc) is 2.68. The second-order valence-electron chi connectivity index (χ2n) is 6.99. The molecule has 4 heteroatoms. The van der Waals surface area contributed by atoms with E-state index in [2.05, 4.69) is 18.3 Å². The molecule has 26 heavy (non-hydrogen) atoms. The Bertz CT molecular complexity index is 858. The van der Waals surface area contributed by atoms with E-state index in [0.717, 1.165) is 29.7 Å². The number of hydrogen-bond acceptors (Lipinski definition) is 3. The molecule has 0 unspecified atom stereocenters. The van der Waals surface area contributed by atoms with Gasteiger partial charge < -0.3 is 10.1 Å². The van der Waals surface area contributed by atoms with Gasteiger partial charge in [0.1, 0.15) is 5.75 Å². The fourth-order valence-electron chi connectivity index (χ4n) is 4.08. The number of hydrogen-bond donors (Lipinski definition) is 1. The fourth-order valence-corrected chi connectivity index (χ4v) is 4.08. The topological polar surface area (TPSA) is 55.4 Å². The maximum absolute atomic E-state index is 13.0. The maximum atomic E-state index is 13.0. The first-order valence-corrected chi connectivity index (χ1v) is 9.36. The summed E-state index contributed by atoms with van der Waals surface area (Å²) in [6.07, 6.45) is 2.67. The number of carbonyl (C=O) groups excluding carboxylic acids is 2. The summed E-state index contributed by atoms with van der Waals surface area (Å²) >= 11 is 0. The van der Waals surface area contributed by atoms with Crippen molar-refractivity contribution in [2.24, 2.45) is 0 Å². The predicted octanol–water partition coefficient (Wildman–Crippen LogP) is 3.95. The highest BCUT2D eigenvalue weighted by Crippen LogP contribution is 2.37. The van der Waals surface area contributed by atoms with E-state index in [1.165, 1.54) is 5.56 Å². The molecule has 0 radical (unpaired) electrons. The monoisotopic (exact) mass is 349 g/mol. The summed E-state index contributed by atoms with van der Waals surface area (Å²) in [6, 6.07) is 13.6. The summed E-state index contributed by atoms with van der Waals surface area (Å²) in [7, 11) is 0. The zero-order valence-electron chi connectivity index (χ0n) is 15.0. The highest BCUT2D eigenvalue weighted by atomic mass is 16.5. The largest absolute Gasteiger partial charge is 0.493 e. The van der Waals surface area contributed by atoms with E-state index in [-0.39, 0.29) is 23.7 Å². The number of benzene rings is 2. The molecule has 1 aliphatic heterocycles. The second-order valence-corrected chi connectivity index (χ2v) is 6.99. The van der Waals surface area contributed by atoms with Crippen LogP contribution in [0.3, 0.4) is 0 Å². The molecule has 0 saturated carbocycles. The van der Waals surface area contributed by atoms with Crippen LogP contribution in [0.15, 0.2) is 42.5 Å². The molecule has 4 rings (SSSR count). The van der Waals surface area contributed by atoms with Gasteiger partial charge in [0.2, 0.25) is 5.91 Å². The maximum Gasteiger partial charge on any atom is 0.228 e. The molecule has 1 heterocycles. The molecule has 0 spiro atoms. The molecule has 2 aromatic rings. The molecule has 0 aromatic heterocycles. The highest BCUT2D eigenvalue weighted by molar-refractivity contribution is 6.01. The Morgan fingerprint density at radius 1 is 1.12 bits per heavy atom. The Morgan fingerprint density at radius 3 is 2.77 bits per heavy atom. The summed E-state index contributed by atoms with van der Waals surface area (Å²) < 4.78 is 5.88. The summed E-state index contributed by atoms with van der Waals surface area (Å²) in [5, 5.41) is 3.22. The van der Waals surface area contributed by atoms with Gasteiger partial charge in [-0.05, 0) is 24.0 Å². The number of Topliss-reactive ketones (excluding diaryl/α,β-unsaturated/α-hetero) is 1. The van der Waals surface area contributed by atoms with Crippen LogP contribution in [0.4, 0.5) is 0 Å². The molecular weight excluding hydrogens is 326 g/mol. The van der Waals surface area contributed by atoms with Crippen molar-refractivity contribution in [3.63, 3.8) is 0 Å². The molecular formula is C22H23NO3. The van der Waals surface area contributed by atoms with Gasteiger partial charge in [-0.15, -0.1) is 0 Å². The second kappa shape index (κ2) is 6.94. The Kier molecular flexibility index (Phi) is 4.49. The van der Waals surface area contributed by atoms with E-state index < -0.39 is 0 Å². The van der Waals surface area contributed by atoms with Crippen molar-refractivity contribution in [3.05, 3.63) is 64.7 Å². The number of ketones is 1. The number of rotatable bonds is 3. The van der Waals surface area contributed by atoms with E-state index in [0.29, 0.717) is 25.0 Å². The molecule has 1 aliphatic carbocycles. The van der Waals surface area contributed by atoms with Crippen LogP contribution in [0.5, 0.6) is 5.75 Å². The van der Waals surface area contributed by atoms with Crippen LogP contribution in [0.2, 0.25) is 0 Å². The van der Waals surface area contributed by atoms with Gasteiger partial charge >= 0.3 is 0 Å². The number of aryl methyl sites for hydroxylation is 1. The summed E-state index contributed by atoms with van der Waals surface area (Å²) in [5.41, 5.74) is 3.79. The summed E-state index contributed by atoms with van der Waals surface area (Å²) in [6.45, 7) is 2.71. The minimum Gasteiger partial charge on any atom is -0.493 e. The van der Waals surface area contributed by atoms with Crippen LogP contribution in [0.25, 0.3) is 0 Å². The van der Waals surface area contributed by atoms with Gasteiger partial charge in [0.05, 0.1) is 18.6 Å². The molecule has 2 aliphatic rings. The smallest absolute Gasteiger partial charge is 0.228 e. The number of ether oxygens (including phenoxy) is 1. The van der Waals surface area contributed by atoms with Gasteiger partial charge in [0.15, 0.2) is 5.78 Å². The van der Waals surface area contributed by atoms with E-state index in [1.807, 2.05) is 36.4 Å². The lowest BCUT2D eigenvalue weighted by molar-refractivity contribution is -0.123. The van der Waals surface area contributed by atoms with E-state index >= 15 is 0 Å². The van der Waals surface area contributed by atoms with Crippen LogP contribution in [0, 0.1) is 0 Å². The van der Waals surface area contributed by atoms with Crippen molar-refractivity contribution in [1.82, 2.24) is 5.32 Å². The average molecular weight is 349 g/mol. The minimum atomic E-state index is -0.260. The lowest BCUT2D eigenvalue weighted by Gasteiger charge is -2.31. The van der Waals surface area contributed by atoms with Crippen LogP contribution < -0.4 is 10.1 Å². The fraction of sp³-hybridized carbons (Fsp3) is 0.364. The van der Waals surface area contributed by atoms with Crippen LogP contribution >= 0.6 is 0 Å². The van der Waals surface area contributed by atoms with E-state index in [4.69, 9.17) is 4.74 Å². The molecule has 1 amide bonds. The number of fused-ring (bicyclic) bond motifs is 2. The quantitative estimate of drug-likeness (QED) is 0.913. The molecule has 0 saturated heterocycles. The zero-order chi connectivity index (χ0) is 18.1. The molecule has 4 nitrogen and oxygen atoms in total. The van der Waals surface area contributed by atoms with E-state index in [9.17, 15) is 9.59 Å². The van der Waals surface area contributed by atoms with Crippen molar-refractivity contribution in [2.75, 3.05) is 6.61 Å². The Morgan fingerprint density at radius 2 is 1.92 bits per heavy atom. The standard InChI is InChI=1S/C22H23NO3/c1-2-14-6-5-9-18-19(12-13-26-21(14)18)23-22(25)17-10-11-20(24)16-8-4-3-7-15(16)17/h3-9,17,19H,2,10-13H2,1H3,(H,23,25)/t17-,19-/m0/s1. The number of carbonyl (C=O) groups is 2. The van der Waals surface area contributed by atoms with Gasteiger partial charge in [-0.1, -0.05) is 49.4 Å². The van der Waals surface area contributed by atoms with Crippen molar-refractivity contribution in [3.8, 4) is 5.75 Å². The first kappa shape index (κ1) is 16.8. The van der Waals surface area contributed by atoms with Crippen LogP contribution in [0.1, 0.15) is 65.2 Å². The Hall–Kier alpha value is -2.62. The molecule has 2 aromatic carbocycles. The lowest BCUT2D eigenvalue weighted by Crippen LogP contribution is -2.37. The van der Waals surface area contributed by atoms with Crippen LogP contribution in [-0.4, -0.2) is 18.3 Å². The van der Waals surface area contributed by atoms with Gasteiger partial charge in [0, 0.05) is 24.0 Å². The van der Waals surface area contributed by atoms with E-state index in [1.54, 1.807) is 0 Å². The van der Waals surface area contributed by atoms with Crippen molar-refractivity contribution in [1.29, 1.82) is 0 Å². The molecule has 0 bridgehead atoms. The van der Waals surface area contributed by atoms with Gasteiger partial charge in [0.25, 0.3) is 0 Å². The van der Waals surface area contributed by atoms with Gasteiger partial charge in [-0.2, -0.15) is 0 Å². The molecule has 1 N–H and O–H groups in total. The third-order valence-electron chi connectivity index (χ3n) is 5.47. The first-order valence-electron chi connectivity index (χ1n) is 9.36. The third-order valence-corrected chi connectivity index (χ3v) is 5.47. The highest BCUT2D eigenvalue weighted by Gasteiger charge is 2.32. The Balaban J connectivity index is 1.59. The van der Waals surface area contributed by atoms with Crippen molar-refractivity contribution >= 4 is 11.7 Å². The molecule has 134 valence electrons. The number of nitrogens with one attached hydrogen (secondary N) is 1. The lowest BCUT2D eigenvalue weighted by atomic mass is 9.81. The third kappa shape index (κ3) is 2.90. The zero-order valence-corrected chi connectivity index (χ0v) is 15.0. The number of amides is 1. The van der Waals surface area contributed by atoms with Gasteiger partial charge in [-0.25, -0.2) is 0 Å². The van der Waals surface area contributed by atoms with Crippen molar-refractivity contribution < 1.29 is 14.3 Å². The Labute approximate surface area is 153 Å². The molecule has 2 atom stereocenters. The number of para-hydroxylation sites is 1. The SMILES string of the molecule is CCc1cccc2c1OCC[C@@H]2NC(=O)[C@H]1CCC(=O)c2ccccc21. The normalized spacial score (nSPS) is 21.3. The van der Waals surface area contributed by atoms with Gasteiger partial charge in [-0.3, -0.25) is 9.59 Å². The molecule has 0 fully saturated rings. The summed E-state index contributed by atoms with van der Waals surface area (Å²) in [5.74, 6) is 0.800. The predicted molar refractivity (Wildman–Crippen MR) is 99.6 cm³/mol. The summed E-state index contributed by atoms with van der Waals surface area (Å²) in [4.78, 5) is 25.2. The first-order chi connectivity index (χ1) is 12.7. The minimum absolute atomic E-state index is 0.00435. The van der Waals surface area contributed by atoms with Crippen molar-refractivity contribution in [2.45, 2.75) is 44.6 Å². The van der Waals surface area contributed by atoms with Crippen LogP contribution in [-0.2, 0) is 11.2 Å².